The van der Waals surface area contributed by atoms with Crippen LogP contribution in [0.1, 0.15) is 0 Å². The van der Waals surface area contributed by atoms with E-state index in [0.717, 1.165) is 5.57 Å². The molecule has 3 nitrogen and oxygen atoms in total. The Balaban J connectivity index is 2.91. The lowest BCUT2D eigenvalue weighted by Crippen LogP contribution is -2.30. The SMILES string of the molecule is C=CC1=C(C=C)OC(=O)NC1. The lowest BCUT2D eigenvalue weighted by Gasteiger charge is -2.15. The van der Waals surface area contributed by atoms with Crippen LogP contribution in [-0.2, 0) is 4.74 Å². The highest BCUT2D eigenvalue weighted by Gasteiger charge is 2.14. The summed E-state index contributed by atoms with van der Waals surface area (Å²) in [7, 11) is 0. The monoisotopic (exact) mass is 151 g/mol. The zero-order valence-electron chi connectivity index (χ0n) is 6.09. The van der Waals surface area contributed by atoms with Crippen molar-refractivity contribution in [1.29, 1.82) is 0 Å². The molecule has 0 radical (unpaired) electrons. The van der Waals surface area contributed by atoms with Gasteiger partial charge < -0.3 is 10.1 Å². The van der Waals surface area contributed by atoms with Crippen molar-refractivity contribution in [1.82, 2.24) is 5.32 Å². The largest absolute Gasteiger partial charge is 0.412 e. The number of rotatable bonds is 2. The Morgan fingerprint density at radius 3 is 2.73 bits per heavy atom. The molecule has 0 saturated carbocycles. The van der Waals surface area contributed by atoms with E-state index in [2.05, 4.69) is 18.5 Å². The fourth-order valence-electron chi connectivity index (χ4n) is 0.802. The number of ether oxygens (including phenoxy) is 1. The first kappa shape index (κ1) is 7.60. The van der Waals surface area contributed by atoms with Gasteiger partial charge in [-0.3, -0.25) is 0 Å². The zero-order valence-corrected chi connectivity index (χ0v) is 6.09. The Labute approximate surface area is 65.0 Å². The molecular weight excluding hydrogens is 142 g/mol. The summed E-state index contributed by atoms with van der Waals surface area (Å²) >= 11 is 0. The third-order valence-corrected chi connectivity index (χ3v) is 1.37. The van der Waals surface area contributed by atoms with Crippen LogP contribution in [0.2, 0.25) is 0 Å². The molecule has 0 saturated heterocycles. The van der Waals surface area contributed by atoms with E-state index in [4.69, 9.17) is 4.74 Å². The molecule has 1 N–H and O–H groups in total. The maximum absolute atomic E-state index is 10.6. The van der Waals surface area contributed by atoms with Crippen LogP contribution in [0.15, 0.2) is 36.6 Å². The minimum atomic E-state index is -0.439. The van der Waals surface area contributed by atoms with E-state index < -0.39 is 6.09 Å². The first-order valence-electron chi connectivity index (χ1n) is 3.21. The maximum Gasteiger partial charge on any atom is 0.412 e. The molecule has 0 aromatic rings. The van der Waals surface area contributed by atoms with Crippen LogP contribution in [0.3, 0.4) is 0 Å². The number of hydrogen-bond acceptors (Lipinski definition) is 2. The second-order valence-electron chi connectivity index (χ2n) is 2.04. The Bertz CT molecular complexity index is 240. The molecular formula is C8H9NO2. The van der Waals surface area contributed by atoms with Crippen molar-refractivity contribution < 1.29 is 9.53 Å². The molecule has 11 heavy (non-hydrogen) atoms. The Hall–Kier alpha value is -1.51. The smallest absolute Gasteiger partial charge is 0.410 e. The molecule has 0 aromatic heterocycles. The number of alkyl carbamates (subject to hydrolysis) is 1. The van der Waals surface area contributed by atoms with Crippen LogP contribution < -0.4 is 5.32 Å². The summed E-state index contributed by atoms with van der Waals surface area (Å²) in [5.74, 6) is 0.490. The van der Waals surface area contributed by atoms with Gasteiger partial charge in [0.2, 0.25) is 0 Å². The first-order chi connectivity index (χ1) is 5.27. The van der Waals surface area contributed by atoms with Gasteiger partial charge in [-0.25, -0.2) is 4.79 Å². The number of amides is 1. The van der Waals surface area contributed by atoms with E-state index in [1.807, 2.05) is 0 Å². The number of carbonyl (C=O) groups excluding carboxylic acids is 1. The molecule has 1 aliphatic rings. The number of nitrogens with one attached hydrogen (secondary N) is 1. The molecule has 1 aliphatic heterocycles. The van der Waals surface area contributed by atoms with Crippen LogP contribution in [0, 0.1) is 0 Å². The number of allylic oxidation sites excluding steroid dienone is 1. The van der Waals surface area contributed by atoms with Crippen molar-refractivity contribution in [2.75, 3.05) is 6.54 Å². The minimum absolute atomic E-state index is 0.439. The predicted molar refractivity (Wildman–Crippen MR) is 41.9 cm³/mol. The van der Waals surface area contributed by atoms with Crippen molar-refractivity contribution in [3.05, 3.63) is 36.6 Å². The Kier molecular flexibility index (Phi) is 2.11. The standard InChI is InChI=1S/C8H9NO2/c1-3-6-5-9-8(10)11-7(6)4-2/h3-4H,1-2,5H2,(H,9,10). The van der Waals surface area contributed by atoms with Gasteiger partial charge in [0, 0.05) is 12.1 Å². The van der Waals surface area contributed by atoms with Gasteiger partial charge in [0.05, 0.1) is 0 Å². The molecule has 0 atom stereocenters. The maximum atomic E-state index is 10.6. The van der Waals surface area contributed by atoms with E-state index in [0.29, 0.717) is 12.3 Å². The van der Waals surface area contributed by atoms with Crippen LogP contribution >= 0.6 is 0 Å². The molecule has 1 rings (SSSR count). The normalized spacial score (nSPS) is 16.9. The van der Waals surface area contributed by atoms with E-state index in [9.17, 15) is 4.79 Å². The van der Waals surface area contributed by atoms with Crippen molar-refractivity contribution in [2.24, 2.45) is 0 Å². The van der Waals surface area contributed by atoms with Gasteiger partial charge in [-0.1, -0.05) is 19.2 Å². The van der Waals surface area contributed by atoms with E-state index in [1.165, 1.54) is 6.08 Å². The summed E-state index contributed by atoms with van der Waals surface area (Å²) in [5, 5.41) is 2.51. The fraction of sp³-hybridized carbons (Fsp3) is 0.125. The number of carbonyl (C=O) groups is 1. The summed E-state index contributed by atoms with van der Waals surface area (Å²) in [4.78, 5) is 10.6. The lowest BCUT2D eigenvalue weighted by molar-refractivity contribution is 0.174. The Morgan fingerprint density at radius 2 is 2.18 bits per heavy atom. The van der Waals surface area contributed by atoms with Gasteiger partial charge in [0.1, 0.15) is 5.76 Å². The molecule has 0 spiro atoms. The molecule has 1 amide bonds. The summed E-state index contributed by atoms with van der Waals surface area (Å²) in [6, 6.07) is 0. The summed E-state index contributed by atoms with van der Waals surface area (Å²) in [5.41, 5.74) is 0.847. The lowest BCUT2D eigenvalue weighted by atomic mass is 10.2. The van der Waals surface area contributed by atoms with Gasteiger partial charge in [-0.05, 0) is 6.08 Å². The highest BCUT2D eigenvalue weighted by molar-refractivity contribution is 5.71. The van der Waals surface area contributed by atoms with Crippen molar-refractivity contribution in [2.45, 2.75) is 0 Å². The van der Waals surface area contributed by atoms with E-state index in [1.54, 1.807) is 6.08 Å². The quantitative estimate of drug-likeness (QED) is 0.647. The van der Waals surface area contributed by atoms with Gasteiger partial charge in [-0.2, -0.15) is 0 Å². The predicted octanol–water partition coefficient (Wildman–Crippen LogP) is 1.35. The summed E-state index contributed by atoms with van der Waals surface area (Å²) < 4.78 is 4.78. The highest BCUT2D eigenvalue weighted by Crippen LogP contribution is 2.11. The van der Waals surface area contributed by atoms with Crippen molar-refractivity contribution >= 4 is 6.09 Å². The number of cyclic esters (lactones) is 1. The second-order valence-corrected chi connectivity index (χ2v) is 2.04. The van der Waals surface area contributed by atoms with Crippen LogP contribution in [-0.4, -0.2) is 12.6 Å². The summed E-state index contributed by atoms with van der Waals surface area (Å²) in [6.07, 6.45) is 2.69. The van der Waals surface area contributed by atoms with E-state index >= 15 is 0 Å². The minimum Gasteiger partial charge on any atom is -0.410 e. The van der Waals surface area contributed by atoms with Gasteiger partial charge in [-0.15, -0.1) is 0 Å². The second kappa shape index (κ2) is 3.05. The van der Waals surface area contributed by atoms with Gasteiger partial charge >= 0.3 is 6.09 Å². The highest BCUT2D eigenvalue weighted by atomic mass is 16.6. The van der Waals surface area contributed by atoms with Crippen LogP contribution in [0.4, 0.5) is 4.79 Å². The molecule has 0 bridgehead atoms. The third kappa shape index (κ3) is 1.49. The molecule has 58 valence electrons. The molecule has 0 aromatic carbocycles. The van der Waals surface area contributed by atoms with Gasteiger partial charge in [0.25, 0.3) is 0 Å². The molecule has 0 aliphatic carbocycles. The molecule has 0 unspecified atom stereocenters. The van der Waals surface area contributed by atoms with Crippen molar-refractivity contribution in [3.63, 3.8) is 0 Å². The molecule has 1 heterocycles. The average Bonchev–Trinajstić information content (AvgIpc) is 2.04. The first-order valence-corrected chi connectivity index (χ1v) is 3.21. The topological polar surface area (TPSA) is 38.3 Å². The van der Waals surface area contributed by atoms with Crippen LogP contribution in [0.5, 0.6) is 0 Å². The van der Waals surface area contributed by atoms with Crippen molar-refractivity contribution in [3.8, 4) is 0 Å². The Morgan fingerprint density at radius 1 is 1.45 bits per heavy atom. The number of hydrogen-bond donors (Lipinski definition) is 1. The third-order valence-electron chi connectivity index (χ3n) is 1.37. The fourth-order valence-corrected chi connectivity index (χ4v) is 0.802. The average molecular weight is 151 g/mol. The van der Waals surface area contributed by atoms with E-state index in [-0.39, 0.29) is 0 Å². The molecule has 3 heteroatoms. The summed E-state index contributed by atoms with van der Waals surface area (Å²) in [6.45, 7) is 7.54. The van der Waals surface area contributed by atoms with Crippen LogP contribution in [0.25, 0.3) is 0 Å². The molecule has 0 fully saturated rings. The zero-order chi connectivity index (χ0) is 8.27. The van der Waals surface area contributed by atoms with Gasteiger partial charge in [0.15, 0.2) is 0 Å².